The van der Waals surface area contributed by atoms with Crippen LogP contribution in [0.15, 0.2) is 22.7 Å². The van der Waals surface area contributed by atoms with E-state index in [1.807, 2.05) is 0 Å². The first-order valence-electron chi connectivity index (χ1n) is 3.48. The van der Waals surface area contributed by atoms with Crippen LogP contribution in [0.4, 0.5) is 17.8 Å². The van der Waals surface area contributed by atoms with Crippen LogP contribution in [0.2, 0.25) is 0 Å². The zero-order chi connectivity index (χ0) is 9.10. The van der Waals surface area contributed by atoms with Gasteiger partial charge in [0.2, 0.25) is 0 Å². The maximum absolute atomic E-state index is 5.22. The first-order chi connectivity index (χ1) is 6.34. The zero-order valence-corrected chi connectivity index (χ0v) is 6.51. The molecule has 0 unspecified atom stereocenters. The molecule has 7 nitrogen and oxygen atoms in total. The molecule has 2 aromatic rings. The van der Waals surface area contributed by atoms with Crippen LogP contribution in [0.25, 0.3) is 0 Å². The van der Waals surface area contributed by atoms with E-state index in [1.165, 1.54) is 0 Å². The Bertz CT molecular complexity index is 385. The second-order valence-electron chi connectivity index (χ2n) is 2.18. The number of nitrogens with two attached hydrogens (primary N) is 1. The quantitative estimate of drug-likeness (QED) is 0.676. The van der Waals surface area contributed by atoms with Gasteiger partial charge in [-0.3, -0.25) is 5.32 Å². The van der Waals surface area contributed by atoms with Gasteiger partial charge in [-0.15, -0.1) is 5.10 Å². The Morgan fingerprint density at radius 1 is 1.31 bits per heavy atom. The van der Waals surface area contributed by atoms with Crippen LogP contribution in [0.3, 0.4) is 0 Å². The van der Waals surface area contributed by atoms with Gasteiger partial charge < -0.3 is 10.2 Å². The monoisotopic (exact) mass is 178 g/mol. The second-order valence-corrected chi connectivity index (χ2v) is 2.18. The first-order valence-corrected chi connectivity index (χ1v) is 3.48. The topological polar surface area (TPSA) is 103 Å². The molecule has 0 spiro atoms. The third-order valence-electron chi connectivity index (χ3n) is 1.25. The van der Waals surface area contributed by atoms with E-state index < -0.39 is 0 Å². The van der Waals surface area contributed by atoms with Gasteiger partial charge >= 0.3 is 12.0 Å². The molecule has 0 aliphatic rings. The van der Waals surface area contributed by atoms with Gasteiger partial charge in [0.15, 0.2) is 5.82 Å². The average molecular weight is 178 g/mol. The summed E-state index contributed by atoms with van der Waals surface area (Å²) >= 11 is 0. The van der Waals surface area contributed by atoms with Crippen molar-refractivity contribution in [3.63, 3.8) is 0 Å². The number of nitrogens with zero attached hydrogens (tertiary/aromatic N) is 4. The van der Waals surface area contributed by atoms with Gasteiger partial charge in [-0.1, -0.05) is 10.2 Å². The summed E-state index contributed by atoms with van der Waals surface area (Å²) in [6, 6.07) is 3.65. The Balaban J connectivity index is 2.15. The van der Waals surface area contributed by atoms with E-state index >= 15 is 0 Å². The standard InChI is InChI=1S/C6H6N6O/c7-5-11-12-6(13-5)9-4-2-1-3-8-10-4/h1-3H,(H2,7,11)(H,9,10,12). The molecule has 66 valence electrons. The lowest BCUT2D eigenvalue weighted by Crippen LogP contribution is -1.94. The molecule has 0 saturated carbocycles. The molecule has 0 saturated heterocycles. The van der Waals surface area contributed by atoms with Gasteiger partial charge in [-0.25, -0.2) is 0 Å². The van der Waals surface area contributed by atoms with Crippen molar-refractivity contribution in [2.75, 3.05) is 11.1 Å². The van der Waals surface area contributed by atoms with Crippen LogP contribution in [0, 0.1) is 0 Å². The second kappa shape index (κ2) is 3.05. The Morgan fingerprint density at radius 2 is 2.23 bits per heavy atom. The maximum Gasteiger partial charge on any atom is 0.322 e. The van der Waals surface area contributed by atoms with Gasteiger partial charge in [-0.2, -0.15) is 5.10 Å². The highest BCUT2D eigenvalue weighted by atomic mass is 16.4. The molecule has 7 heteroatoms. The van der Waals surface area contributed by atoms with E-state index in [1.54, 1.807) is 18.3 Å². The summed E-state index contributed by atoms with van der Waals surface area (Å²) < 4.78 is 4.86. The van der Waals surface area contributed by atoms with Crippen molar-refractivity contribution in [1.82, 2.24) is 20.4 Å². The Morgan fingerprint density at radius 3 is 2.85 bits per heavy atom. The van der Waals surface area contributed by atoms with E-state index in [9.17, 15) is 0 Å². The normalized spacial score (nSPS) is 9.85. The largest absolute Gasteiger partial charge is 0.389 e. The molecule has 2 heterocycles. The summed E-state index contributed by atoms with van der Waals surface area (Å²) in [4.78, 5) is 0. The molecule has 0 aromatic carbocycles. The first kappa shape index (κ1) is 7.47. The fraction of sp³-hybridized carbons (Fsp3) is 0. The molecule has 13 heavy (non-hydrogen) atoms. The lowest BCUT2D eigenvalue weighted by atomic mass is 10.5. The fourth-order valence-corrected chi connectivity index (χ4v) is 0.763. The summed E-state index contributed by atoms with van der Waals surface area (Å²) in [6.07, 6.45) is 1.56. The summed E-state index contributed by atoms with van der Waals surface area (Å²) in [5, 5.41) is 17.2. The molecule has 0 fully saturated rings. The maximum atomic E-state index is 5.22. The number of hydrogen-bond acceptors (Lipinski definition) is 7. The van der Waals surface area contributed by atoms with Gasteiger partial charge in [0.25, 0.3) is 0 Å². The smallest absolute Gasteiger partial charge is 0.322 e. The number of aromatic nitrogens is 4. The fourth-order valence-electron chi connectivity index (χ4n) is 0.763. The van der Waals surface area contributed by atoms with Crippen LogP contribution in [0.1, 0.15) is 0 Å². The SMILES string of the molecule is Nc1nnc(Nc2cccnn2)o1. The number of hydrogen-bond donors (Lipinski definition) is 2. The van der Waals surface area contributed by atoms with Crippen molar-refractivity contribution in [3.05, 3.63) is 18.3 Å². The van der Waals surface area contributed by atoms with Crippen molar-refractivity contribution < 1.29 is 4.42 Å². The van der Waals surface area contributed by atoms with E-state index in [0.29, 0.717) is 5.82 Å². The summed E-state index contributed by atoms with van der Waals surface area (Å²) in [5.74, 6) is 0.520. The Labute approximate surface area is 73.0 Å². The number of rotatable bonds is 2. The molecular weight excluding hydrogens is 172 g/mol. The van der Waals surface area contributed by atoms with Gasteiger partial charge in [0.05, 0.1) is 0 Å². The minimum atomic E-state index is 0.00592. The minimum Gasteiger partial charge on any atom is -0.389 e. The van der Waals surface area contributed by atoms with E-state index in [-0.39, 0.29) is 12.0 Å². The van der Waals surface area contributed by atoms with Crippen LogP contribution < -0.4 is 11.1 Å². The number of nitrogens with one attached hydrogen (secondary N) is 1. The van der Waals surface area contributed by atoms with Crippen molar-refractivity contribution >= 4 is 17.8 Å². The summed E-state index contributed by atoms with van der Waals surface area (Å²) in [7, 11) is 0. The van der Waals surface area contributed by atoms with E-state index in [4.69, 9.17) is 10.2 Å². The predicted octanol–water partition coefficient (Wildman–Crippen LogP) is 0.185. The highest BCUT2D eigenvalue weighted by Gasteiger charge is 2.02. The molecule has 3 N–H and O–H groups in total. The molecule has 0 aliphatic heterocycles. The van der Waals surface area contributed by atoms with Gasteiger partial charge in [0.1, 0.15) is 0 Å². The molecule has 2 aromatic heterocycles. The molecule has 0 amide bonds. The van der Waals surface area contributed by atoms with Gasteiger partial charge in [-0.05, 0) is 12.1 Å². The van der Waals surface area contributed by atoms with Crippen molar-refractivity contribution in [1.29, 1.82) is 0 Å². The molecule has 0 atom stereocenters. The van der Waals surface area contributed by atoms with Crippen molar-refractivity contribution in [2.45, 2.75) is 0 Å². The number of anilines is 3. The van der Waals surface area contributed by atoms with Crippen LogP contribution in [-0.2, 0) is 0 Å². The predicted molar refractivity (Wildman–Crippen MR) is 44.0 cm³/mol. The third kappa shape index (κ3) is 1.70. The van der Waals surface area contributed by atoms with Crippen molar-refractivity contribution in [3.8, 4) is 0 Å². The summed E-state index contributed by atoms with van der Waals surface area (Å²) in [6.45, 7) is 0. The highest BCUT2D eigenvalue weighted by Crippen LogP contribution is 2.11. The summed E-state index contributed by atoms with van der Waals surface area (Å²) in [5.41, 5.74) is 5.22. The minimum absolute atomic E-state index is 0.00592. The van der Waals surface area contributed by atoms with E-state index in [2.05, 4.69) is 25.7 Å². The third-order valence-corrected chi connectivity index (χ3v) is 1.25. The van der Waals surface area contributed by atoms with Gasteiger partial charge in [0, 0.05) is 6.20 Å². The zero-order valence-electron chi connectivity index (χ0n) is 6.51. The lowest BCUT2D eigenvalue weighted by molar-refractivity contribution is 0.592. The Hall–Kier alpha value is -2.18. The average Bonchev–Trinajstić information content (AvgIpc) is 2.53. The molecule has 0 aliphatic carbocycles. The molecule has 0 radical (unpaired) electrons. The van der Waals surface area contributed by atoms with E-state index in [0.717, 1.165) is 0 Å². The van der Waals surface area contributed by atoms with Crippen LogP contribution >= 0.6 is 0 Å². The highest BCUT2D eigenvalue weighted by molar-refractivity contribution is 5.44. The lowest BCUT2D eigenvalue weighted by Gasteiger charge is -1.95. The van der Waals surface area contributed by atoms with Crippen LogP contribution in [-0.4, -0.2) is 20.4 Å². The molecular formula is C6H6N6O. The Kier molecular flexibility index (Phi) is 1.75. The van der Waals surface area contributed by atoms with Crippen molar-refractivity contribution in [2.24, 2.45) is 0 Å². The van der Waals surface area contributed by atoms with Crippen LogP contribution in [0.5, 0.6) is 0 Å². The number of nitrogen functional groups attached to an aromatic ring is 1. The molecule has 0 bridgehead atoms. The molecule has 2 rings (SSSR count).